The number of hydrogen-bond donors (Lipinski definition) is 1. The number of pyridine rings is 1. The molecule has 3 aromatic rings. The van der Waals surface area contributed by atoms with Gasteiger partial charge in [-0.1, -0.05) is 29.8 Å². The molecular weight excluding hydrogens is 402 g/mol. The average Bonchev–Trinajstić information content (AvgIpc) is 3.17. The van der Waals surface area contributed by atoms with E-state index in [2.05, 4.69) is 5.32 Å². The van der Waals surface area contributed by atoms with Crippen LogP contribution in [0.1, 0.15) is 36.0 Å². The van der Waals surface area contributed by atoms with Gasteiger partial charge in [0.15, 0.2) is 0 Å². The highest BCUT2D eigenvalue weighted by Crippen LogP contribution is 2.22. The third-order valence-corrected chi connectivity index (χ3v) is 6.15. The second-order valence-corrected chi connectivity index (χ2v) is 8.57. The highest BCUT2D eigenvalue weighted by atomic mass is 16.2. The van der Waals surface area contributed by atoms with E-state index in [1.54, 1.807) is 22.9 Å². The number of fused-ring (bicyclic) bond motifs is 1. The largest absolute Gasteiger partial charge is 0.343 e. The van der Waals surface area contributed by atoms with Crippen LogP contribution in [0.4, 0.5) is 5.69 Å². The van der Waals surface area contributed by atoms with Crippen LogP contribution in [0.2, 0.25) is 0 Å². The van der Waals surface area contributed by atoms with Gasteiger partial charge in [0.25, 0.3) is 5.56 Å². The van der Waals surface area contributed by atoms with E-state index in [1.165, 1.54) is 0 Å². The molecule has 32 heavy (non-hydrogen) atoms. The SMILES string of the molecule is Cc1ccc(C)c(CC(=O)Nc2cccc3c(=O)n(CCCN4CCCC4=O)ccc23)c1. The maximum absolute atomic E-state index is 13.0. The Balaban J connectivity index is 1.48. The molecule has 1 aliphatic heterocycles. The highest BCUT2D eigenvalue weighted by molar-refractivity contribution is 6.02. The molecule has 1 aliphatic rings. The molecule has 1 aromatic heterocycles. The number of nitrogens with one attached hydrogen (secondary N) is 1. The van der Waals surface area contributed by atoms with E-state index >= 15 is 0 Å². The first-order valence-corrected chi connectivity index (χ1v) is 11.2. The Kier molecular flexibility index (Phi) is 6.40. The first-order valence-electron chi connectivity index (χ1n) is 11.2. The third-order valence-electron chi connectivity index (χ3n) is 6.15. The van der Waals surface area contributed by atoms with Gasteiger partial charge >= 0.3 is 0 Å². The van der Waals surface area contributed by atoms with Gasteiger partial charge in [-0.3, -0.25) is 14.4 Å². The van der Waals surface area contributed by atoms with Gasteiger partial charge in [-0.15, -0.1) is 0 Å². The molecule has 1 fully saturated rings. The molecule has 2 heterocycles. The van der Waals surface area contributed by atoms with Gasteiger partial charge < -0.3 is 14.8 Å². The number of carbonyl (C=O) groups is 2. The van der Waals surface area contributed by atoms with Crippen molar-refractivity contribution in [1.82, 2.24) is 9.47 Å². The molecule has 4 rings (SSSR count). The average molecular weight is 432 g/mol. The summed E-state index contributed by atoms with van der Waals surface area (Å²) in [5.74, 6) is 0.0998. The molecule has 2 aromatic carbocycles. The minimum absolute atomic E-state index is 0.0825. The van der Waals surface area contributed by atoms with Crippen molar-refractivity contribution in [1.29, 1.82) is 0 Å². The lowest BCUT2D eigenvalue weighted by atomic mass is 10.0. The zero-order valence-corrected chi connectivity index (χ0v) is 18.7. The van der Waals surface area contributed by atoms with Crippen molar-refractivity contribution in [3.05, 3.63) is 75.7 Å². The number of carbonyl (C=O) groups excluding carboxylic acids is 2. The first kappa shape index (κ1) is 21.8. The quantitative estimate of drug-likeness (QED) is 0.618. The minimum Gasteiger partial charge on any atom is -0.343 e. The lowest BCUT2D eigenvalue weighted by Crippen LogP contribution is -2.28. The molecule has 2 amide bonds. The molecule has 0 aliphatic carbocycles. The Morgan fingerprint density at radius 2 is 1.88 bits per heavy atom. The fourth-order valence-corrected chi connectivity index (χ4v) is 4.33. The summed E-state index contributed by atoms with van der Waals surface area (Å²) in [5, 5.41) is 4.29. The Morgan fingerprint density at radius 1 is 1.03 bits per heavy atom. The second-order valence-electron chi connectivity index (χ2n) is 8.57. The van der Waals surface area contributed by atoms with E-state index in [4.69, 9.17) is 0 Å². The fourth-order valence-electron chi connectivity index (χ4n) is 4.33. The van der Waals surface area contributed by atoms with Gasteiger partial charge in [0.1, 0.15) is 0 Å². The number of aryl methyl sites for hydroxylation is 3. The van der Waals surface area contributed by atoms with Gasteiger partial charge in [-0.2, -0.15) is 0 Å². The van der Waals surface area contributed by atoms with Crippen LogP contribution in [0.25, 0.3) is 10.8 Å². The summed E-state index contributed by atoms with van der Waals surface area (Å²) in [6.45, 7) is 6.07. The lowest BCUT2D eigenvalue weighted by molar-refractivity contribution is -0.127. The van der Waals surface area contributed by atoms with Crippen LogP contribution in [0, 0.1) is 13.8 Å². The third kappa shape index (κ3) is 4.74. The zero-order valence-electron chi connectivity index (χ0n) is 18.7. The van der Waals surface area contributed by atoms with Crippen molar-refractivity contribution >= 4 is 28.3 Å². The highest BCUT2D eigenvalue weighted by Gasteiger charge is 2.19. The zero-order chi connectivity index (χ0) is 22.7. The Labute approximate surface area is 187 Å². The van der Waals surface area contributed by atoms with Gasteiger partial charge in [-0.25, -0.2) is 0 Å². The van der Waals surface area contributed by atoms with Crippen molar-refractivity contribution in [2.75, 3.05) is 18.4 Å². The smallest absolute Gasteiger partial charge is 0.258 e. The van der Waals surface area contributed by atoms with Crippen LogP contribution >= 0.6 is 0 Å². The van der Waals surface area contributed by atoms with Crippen LogP contribution in [0.3, 0.4) is 0 Å². The molecule has 1 saturated heterocycles. The van der Waals surface area contributed by atoms with E-state index in [9.17, 15) is 14.4 Å². The molecule has 0 unspecified atom stereocenters. The number of aromatic nitrogens is 1. The normalized spacial score (nSPS) is 13.7. The number of hydrogen-bond acceptors (Lipinski definition) is 3. The number of benzene rings is 2. The maximum Gasteiger partial charge on any atom is 0.258 e. The van der Waals surface area contributed by atoms with E-state index in [-0.39, 0.29) is 23.8 Å². The molecule has 6 heteroatoms. The number of rotatable bonds is 7. The molecule has 6 nitrogen and oxygen atoms in total. The number of amides is 2. The summed E-state index contributed by atoms with van der Waals surface area (Å²) in [5.41, 5.74) is 3.77. The summed E-state index contributed by atoms with van der Waals surface area (Å²) in [6, 6.07) is 13.4. The maximum atomic E-state index is 13.0. The number of likely N-dealkylation sites (tertiary alicyclic amines) is 1. The predicted octanol–water partition coefficient (Wildman–Crippen LogP) is 3.81. The second kappa shape index (κ2) is 9.39. The molecular formula is C26H29N3O3. The standard InChI is InChI=1S/C26H29N3O3/c1-18-9-10-19(2)20(16-18)17-24(30)27-23-7-3-6-22-21(23)11-15-29(26(22)32)14-5-13-28-12-4-8-25(28)31/h3,6-7,9-11,15-16H,4-5,8,12-14,17H2,1-2H3,(H,27,30). The Hall–Kier alpha value is -3.41. The predicted molar refractivity (Wildman–Crippen MR) is 127 cm³/mol. The van der Waals surface area contributed by atoms with Crippen LogP contribution in [0.5, 0.6) is 0 Å². The summed E-state index contributed by atoms with van der Waals surface area (Å²) >= 11 is 0. The fraction of sp³-hybridized carbons (Fsp3) is 0.346. The van der Waals surface area contributed by atoms with Crippen LogP contribution in [0.15, 0.2) is 53.5 Å². The van der Waals surface area contributed by atoms with E-state index in [0.29, 0.717) is 30.6 Å². The van der Waals surface area contributed by atoms with Crippen LogP contribution in [-0.2, 0) is 22.6 Å². The summed E-state index contributed by atoms with van der Waals surface area (Å²) in [6.07, 6.45) is 4.36. The molecule has 166 valence electrons. The van der Waals surface area contributed by atoms with Crippen molar-refractivity contribution in [2.24, 2.45) is 0 Å². The molecule has 0 saturated carbocycles. The van der Waals surface area contributed by atoms with E-state index in [0.717, 1.165) is 41.5 Å². The summed E-state index contributed by atoms with van der Waals surface area (Å²) < 4.78 is 1.69. The Bertz CT molecular complexity index is 1230. The molecule has 0 spiro atoms. The molecule has 0 atom stereocenters. The molecule has 1 N–H and O–H groups in total. The lowest BCUT2D eigenvalue weighted by Gasteiger charge is -2.16. The van der Waals surface area contributed by atoms with E-state index in [1.807, 2.05) is 49.1 Å². The summed E-state index contributed by atoms with van der Waals surface area (Å²) in [4.78, 5) is 39.3. The van der Waals surface area contributed by atoms with Gasteiger partial charge in [0.2, 0.25) is 11.8 Å². The van der Waals surface area contributed by atoms with Crippen molar-refractivity contribution in [3.8, 4) is 0 Å². The number of anilines is 1. The van der Waals surface area contributed by atoms with Gasteiger partial charge in [-0.05, 0) is 56.0 Å². The topological polar surface area (TPSA) is 71.4 Å². The minimum atomic E-state index is -0.106. The van der Waals surface area contributed by atoms with Crippen LogP contribution < -0.4 is 10.9 Å². The van der Waals surface area contributed by atoms with Crippen molar-refractivity contribution < 1.29 is 9.59 Å². The van der Waals surface area contributed by atoms with Gasteiger partial charge in [0.05, 0.1) is 6.42 Å². The molecule has 0 radical (unpaired) electrons. The first-order chi connectivity index (χ1) is 15.4. The summed E-state index contributed by atoms with van der Waals surface area (Å²) in [7, 11) is 0. The van der Waals surface area contributed by atoms with E-state index < -0.39 is 0 Å². The van der Waals surface area contributed by atoms with Gasteiger partial charge in [0, 0.05) is 48.7 Å². The number of nitrogens with zero attached hydrogens (tertiary/aromatic N) is 2. The molecule has 0 bridgehead atoms. The van der Waals surface area contributed by atoms with Crippen LogP contribution in [-0.4, -0.2) is 34.4 Å². The van der Waals surface area contributed by atoms with Crippen molar-refractivity contribution in [3.63, 3.8) is 0 Å². The Morgan fingerprint density at radius 3 is 2.66 bits per heavy atom. The van der Waals surface area contributed by atoms with Crippen molar-refractivity contribution in [2.45, 2.75) is 46.1 Å². The monoisotopic (exact) mass is 431 g/mol.